The second-order valence-electron chi connectivity index (χ2n) is 3.54. The lowest BCUT2D eigenvalue weighted by Gasteiger charge is -2.13. The molecule has 6 heteroatoms. The third-order valence-corrected chi connectivity index (χ3v) is 2.84. The summed E-state index contributed by atoms with van der Waals surface area (Å²) < 4.78 is 37.2. The van der Waals surface area contributed by atoms with Crippen molar-refractivity contribution in [2.45, 2.75) is 20.5 Å². The van der Waals surface area contributed by atoms with Gasteiger partial charge in [-0.2, -0.15) is 8.42 Å². The molecule has 0 atom stereocenters. The SMILES string of the molecule is COCc1c(C)ccc(NS(=O)(=O)O)c1C. The first-order chi connectivity index (χ1) is 7.35. The van der Waals surface area contributed by atoms with Crippen molar-refractivity contribution in [2.75, 3.05) is 11.8 Å². The number of nitrogens with one attached hydrogen (secondary N) is 1. The van der Waals surface area contributed by atoms with Crippen LogP contribution in [-0.4, -0.2) is 20.1 Å². The molecule has 0 aliphatic carbocycles. The van der Waals surface area contributed by atoms with Gasteiger partial charge < -0.3 is 4.74 Å². The van der Waals surface area contributed by atoms with Crippen molar-refractivity contribution in [2.24, 2.45) is 0 Å². The Morgan fingerprint density at radius 3 is 2.50 bits per heavy atom. The maximum absolute atomic E-state index is 10.7. The van der Waals surface area contributed by atoms with Crippen LogP contribution < -0.4 is 4.72 Å². The number of aryl methyl sites for hydroxylation is 1. The zero-order valence-electron chi connectivity index (χ0n) is 9.44. The van der Waals surface area contributed by atoms with Crippen LogP contribution >= 0.6 is 0 Å². The lowest BCUT2D eigenvalue weighted by Crippen LogP contribution is -2.12. The minimum absolute atomic E-state index is 0.361. The van der Waals surface area contributed by atoms with E-state index in [0.717, 1.165) is 16.7 Å². The number of hydrogen-bond donors (Lipinski definition) is 2. The third-order valence-electron chi connectivity index (χ3n) is 2.36. The summed E-state index contributed by atoms with van der Waals surface area (Å²) in [4.78, 5) is 0. The number of benzene rings is 1. The molecule has 1 aromatic carbocycles. The summed E-state index contributed by atoms with van der Waals surface area (Å²) in [7, 11) is -2.66. The van der Waals surface area contributed by atoms with Gasteiger partial charge in [0.2, 0.25) is 0 Å². The predicted molar refractivity (Wildman–Crippen MR) is 61.8 cm³/mol. The van der Waals surface area contributed by atoms with Crippen molar-refractivity contribution in [3.8, 4) is 0 Å². The number of anilines is 1. The van der Waals surface area contributed by atoms with Crippen LogP contribution in [0.2, 0.25) is 0 Å². The van der Waals surface area contributed by atoms with Gasteiger partial charge in [0.25, 0.3) is 0 Å². The molecule has 0 fully saturated rings. The lowest BCUT2D eigenvalue weighted by atomic mass is 10.0. The van der Waals surface area contributed by atoms with Crippen molar-refractivity contribution in [3.63, 3.8) is 0 Å². The molecule has 1 rings (SSSR count). The molecule has 0 saturated carbocycles. The molecule has 1 aromatic rings. The summed E-state index contributed by atoms with van der Waals surface area (Å²) in [5, 5.41) is 0. The molecule has 0 aliphatic rings. The van der Waals surface area contributed by atoms with E-state index in [1.54, 1.807) is 26.2 Å². The van der Waals surface area contributed by atoms with Crippen LogP contribution in [0.3, 0.4) is 0 Å². The number of methoxy groups -OCH3 is 1. The van der Waals surface area contributed by atoms with Gasteiger partial charge >= 0.3 is 10.3 Å². The Hall–Kier alpha value is -1.11. The zero-order valence-corrected chi connectivity index (χ0v) is 10.3. The summed E-state index contributed by atoms with van der Waals surface area (Å²) in [5.74, 6) is 0. The van der Waals surface area contributed by atoms with Crippen LogP contribution in [0.15, 0.2) is 12.1 Å². The molecule has 0 saturated heterocycles. The van der Waals surface area contributed by atoms with Crippen molar-refractivity contribution < 1.29 is 17.7 Å². The molecular formula is C10H15NO4S. The summed E-state index contributed by atoms with van der Waals surface area (Å²) in [6.07, 6.45) is 0. The predicted octanol–water partition coefficient (Wildman–Crippen LogP) is 1.66. The van der Waals surface area contributed by atoms with Gasteiger partial charge in [0.15, 0.2) is 0 Å². The molecule has 0 aromatic heterocycles. The molecule has 0 radical (unpaired) electrons. The second kappa shape index (κ2) is 4.82. The lowest BCUT2D eigenvalue weighted by molar-refractivity contribution is 0.184. The first-order valence-electron chi connectivity index (χ1n) is 4.68. The van der Waals surface area contributed by atoms with Crippen LogP contribution in [0.4, 0.5) is 5.69 Å². The van der Waals surface area contributed by atoms with E-state index in [2.05, 4.69) is 0 Å². The fourth-order valence-corrected chi connectivity index (χ4v) is 2.01. The van der Waals surface area contributed by atoms with Crippen molar-refractivity contribution in [1.29, 1.82) is 0 Å². The Kier molecular flexibility index (Phi) is 3.90. The molecule has 0 spiro atoms. The highest BCUT2D eigenvalue weighted by Gasteiger charge is 2.11. The number of rotatable bonds is 4. The fraction of sp³-hybridized carbons (Fsp3) is 0.400. The monoisotopic (exact) mass is 245 g/mol. The molecule has 0 unspecified atom stereocenters. The first kappa shape index (κ1) is 13.0. The van der Waals surface area contributed by atoms with Crippen molar-refractivity contribution in [1.82, 2.24) is 0 Å². The zero-order chi connectivity index (χ0) is 12.3. The molecule has 5 nitrogen and oxygen atoms in total. The molecule has 2 N–H and O–H groups in total. The smallest absolute Gasteiger partial charge is 0.357 e. The van der Waals surface area contributed by atoms with Crippen molar-refractivity contribution in [3.05, 3.63) is 28.8 Å². The fourth-order valence-electron chi connectivity index (χ4n) is 1.51. The minimum Gasteiger partial charge on any atom is -0.380 e. The normalized spacial score (nSPS) is 11.5. The van der Waals surface area contributed by atoms with Crippen LogP contribution in [0.25, 0.3) is 0 Å². The quantitative estimate of drug-likeness (QED) is 0.791. The average Bonchev–Trinajstić information content (AvgIpc) is 2.15. The Morgan fingerprint density at radius 1 is 1.38 bits per heavy atom. The number of ether oxygens (including phenoxy) is 1. The number of hydrogen-bond acceptors (Lipinski definition) is 3. The van der Waals surface area contributed by atoms with Crippen LogP contribution in [0, 0.1) is 13.8 Å². The Bertz CT molecular complexity index is 482. The Labute approximate surface area is 95.3 Å². The van der Waals surface area contributed by atoms with Gasteiger partial charge in [-0.25, -0.2) is 0 Å². The van der Waals surface area contributed by atoms with E-state index in [4.69, 9.17) is 9.29 Å². The van der Waals surface area contributed by atoms with Crippen LogP contribution in [-0.2, 0) is 21.6 Å². The molecule has 16 heavy (non-hydrogen) atoms. The van der Waals surface area contributed by atoms with Gasteiger partial charge in [0.05, 0.1) is 12.3 Å². The largest absolute Gasteiger partial charge is 0.380 e. The Morgan fingerprint density at radius 2 is 2.00 bits per heavy atom. The van der Waals surface area contributed by atoms with Gasteiger partial charge in [0, 0.05) is 7.11 Å². The van der Waals surface area contributed by atoms with E-state index >= 15 is 0 Å². The summed E-state index contributed by atoms with van der Waals surface area (Å²) in [6.45, 7) is 4.09. The van der Waals surface area contributed by atoms with Gasteiger partial charge in [-0.3, -0.25) is 9.27 Å². The molecule has 0 aliphatic heterocycles. The summed E-state index contributed by atoms with van der Waals surface area (Å²) >= 11 is 0. The van der Waals surface area contributed by atoms with Crippen LogP contribution in [0.5, 0.6) is 0 Å². The highest BCUT2D eigenvalue weighted by atomic mass is 32.2. The maximum Gasteiger partial charge on any atom is 0.357 e. The van der Waals surface area contributed by atoms with Gasteiger partial charge in [0.1, 0.15) is 0 Å². The highest BCUT2D eigenvalue weighted by Crippen LogP contribution is 2.23. The summed E-state index contributed by atoms with van der Waals surface area (Å²) in [6, 6.07) is 3.38. The van der Waals surface area contributed by atoms with Gasteiger partial charge in [-0.15, -0.1) is 0 Å². The standard InChI is InChI=1S/C10H15NO4S/c1-7-4-5-10(11-16(12,13)14)8(2)9(7)6-15-3/h4-5,11H,6H2,1-3H3,(H,12,13,14). The molecular weight excluding hydrogens is 230 g/mol. The average molecular weight is 245 g/mol. The summed E-state index contributed by atoms with van der Waals surface area (Å²) in [5.41, 5.74) is 3.04. The van der Waals surface area contributed by atoms with E-state index < -0.39 is 10.3 Å². The highest BCUT2D eigenvalue weighted by molar-refractivity contribution is 7.87. The van der Waals surface area contributed by atoms with E-state index in [0.29, 0.717) is 12.3 Å². The third kappa shape index (κ3) is 3.19. The topological polar surface area (TPSA) is 75.6 Å². The molecule has 90 valence electrons. The van der Waals surface area contributed by atoms with E-state index in [9.17, 15) is 8.42 Å². The Balaban J connectivity index is 3.18. The van der Waals surface area contributed by atoms with Crippen molar-refractivity contribution >= 4 is 16.0 Å². The van der Waals surface area contributed by atoms with E-state index in [1.165, 1.54) is 0 Å². The maximum atomic E-state index is 10.7. The van der Waals surface area contributed by atoms with E-state index in [1.807, 2.05) is 11.6 Å². The second-order valence-corrected chi connectivity index (χ2v) is 4.70. The molecule has 0 bridgehead atoms. The van der Waals surface area contributed by atoms with Gasteiger partial charge in [-0.05, 0) is 36.6 Å². The van der Waals surface area contributed by atoms with Gasteiger partial charge in [-0.1, -0.05) is 6.07 Å². The minimum atomic E-state index is -4.24. The first-order valence-corrected chi connectivity index (χ1v) is 6.12. The molecule has 0 heterocycles. The van der Waals surface area contributed by atoms with E-state index in [-0.39, 0.29) is 0 Å². The van der Waals surface area contributed by atoms with Crippen LogP contribution in [0.1, 0.15) is 16.7 Å². The molecule has 0 amide bonds.